The van der Waals surface area contributed by atoms with Crippen LogP contribution in [0, 0.1) is 0 Å². The van der Waals surface area contributed by atoms with E-state index in [1.165, 1.54) is 11.3 Å². The highest BCUT2D eigenvalue weighted by molar-refractivity contribution is 7.18. The molecule has 1 fully saturated rings. The van der Waals surface area contributed by atoms with Gasteiger partial charge in [0.05, 0.1) is 23.1 Å². The molecule has 3 rings (SSSR count). The van der Waals surface area contributed by atoms with Crippen molar-refractivity contribution in [3.05, 3.63) is 41.3 Å². The van der Waals surface area contributed by atoms with Gasteiger partial charge in [0.2, 0.25) is 0 Å². The summed E-state index contributed by atoms with van der Waals surface area (Å²) in [6.45, 7) is 3.33. The minimum absolute atomic E-state index is 0.0975. The second kappa shape index (κ2) is 9.63. The Morgan fingerprint density at radius 1 is 1.21 bits per heavy atom. The molecular formula is C21H25F3N2O2S. The molecule has 0 bridgehead atoms. The third kappa shape index (κ3) is 5.73. The molecule has 4 nitrogen and oxygen atoms in total. The van der Waals surface area contributed by atoms with E-state index in [0.717, 1.165) is 27.4 Å². The average molecular weight is 427 g/mol. The fraction of sp³-hybridized carbons (Fsp3) is 0.476. The summed E-state index contributed by atoms with van der Waals surface area (Å²) in [5.74, 6) is -0.558. The molecule has 0 unspecified atom stereocenters. The number of morpholine rings is 1. The normalized spacial score (nSPS) is 14.8. The maximum atomic E-state index is 13.0. The van der Waals surface area contributed by atoms with Crippen LogP contribution < -0.4 is 4.90 Å². The van der Waals surface area contributed by atoms with E-state index in [0.29, 0.717) is 37.6 Å². The first kappa shape index (κ1) is 21.6. The first-order valence-electron chi connectivity index (χ1n) is 9.77. The van der Waals surface area contributed by atoms with E-state index in [1.807, 2.05) is 37.3 Å². The summed E-state index contributed by atoms with van der Waals surface area (Å²) >= 11 is 1.27. The Bertz CT molecular complexity index is 802. The van der Waals surface area contributed by atoms with Gasteiger partial charge in [-0.2, -0.15) is 13.2 Å². The SMILES string of the molecule is CCCCN(CC(F)(F)F)C(=O)c1cc(-c2ccccc2)c(N2CCOCC2)s1. The van der Waals surface area contributed by atoms with E-state index in [4.69, 9.17) is 4.74 Å². The maximum Gasteiger partial charge on any atom is 0.406 e. The van der Waals surface area contributed by atoms with E-state index in [1.54, 1.807) is 6.07 Å². The number of hydrogen-bond donors (Lipinski definition) is 0. The molecule has 0 spiro atoms. The smallest absolute Gasteiger partial charge is 0.378 e. The monoisotopic (exact) mass is 426 g/mol. The number of amides is 1. The van der Waals surface area contributed by atoms with Crippen molar-refractivity contribution in [2.75, 3.05) is 44.3 Å². The van der Waals surface area contributed by atoms with Crippen LogP contribution in [0.1, 0.15) is 29.4 Å². The number of benzene rings is 1. The van der Waals surface area contributed by atoms with E-state index in [-0.39, 0.29) is 6.54 Å². The Balaban J connectivity index is 1.95. The lowest BCUT2D eigenvalue weighted by atomic mass is 10.1. The number of halogens is 3. The van der Waals surface area contributed by atoms with E-state index in [9.17, 15) is 18.0 Å². The minimum atomic E-state index is -4.42. The van der Waals surface area contributed by atoms with Gasteiger partial charge in [-0.25, -0.2) is 0 Å². The van der Waals surface area contributed by atoms with Crippen LogP contribution in [-0.2, 0) is 4.74 Å². The summed E-state index contributed by atoms with van der Waals surface area (Å²) in [6.07, 6.45) is -3.16. The number of hydrogen-bond acceptors (Lipinski definition) is 4. The molecule has 2 heterocycles. The average Bonchev–Trinajstić information content (AvgIpc) is 3.16. The van der Waals surface area contributed by atoms with Crippen molar-refractivity contribution in [3.8, 4) is 11.1 Å². The zero-order valence-corrected chi connectivity index (χ0v) is 17.2. The number of unbranched alkanes of at least 4 members (excludes halogenated alkanes) is 1. The fourth-order valence-corrected chi connectivity index (χ4v) is 4.49. The summed E-state index contributed by atoms with van der Waals surface area (Å²) in [5.41, 5.74) is 1.82. The molecule has 8 heteroatoms. The van der Waals surface area contributed by atoms with Crippen LogP contribution >= 0.6 is 11.3 Å². The molecule has 1 amide bonds. The number of thiophene rings is 1. The number of anilines is 1. The number of carbonyl (C=O) groups is 1. The predicted octanol–water partition coefficient (Wildman–Crippen LogP) is 5.06. The van der Waals surface area contributed by atoms with Crippen molar-refractivity contribution in [3.63, 3.8) is 0 Å². The van der Waals surface area contributed by atoms with Crippen LogP contribution in [0.2, 0.25) is 0 Å². The second-order valence-electron chi connectivity index (χ2n) is 6.99. The van der Waals surface area contributed by atoms with Crippen molar-refractivity contribution in [2.45, 2.75) is 25.9 Å². The highest BCUT2D eigenvalue weighted by Gasteiger charge is 2.34. The van der Waals surface area contributed by atoms with Gasteiger partial charge >= 0.3 is 6.18 Å². The molecule has 1 saturated heterocycles. The van der Waals surface area contributed by atoms with Crippen molar-refractivity contribution in [1.82, 2.24) is 4.90 Å². The summed E-state index contributed by atoms with van der Waals surface area (Å²) in [6, 6.07) is 11.4. The number of nitrogens with zero attached hydrogens (tertiary/aromatic N) is 2. The molecule has 1 aromatic carbocycles. The number of alkyl halides is 3. The van der Waals surface area contributed by atoms with Gasteiger partial charge in [-0.05, 0) is 18.1 Å². The Morgan fingerprint density at radius 2 is 1.90 bits per heavy atom. The third-order valence-corrected chi connectivity index (χ3v) is 5.93. The molecule has 158 valence electrons. The lowest BCUT2D eigenvalue weighted by Crippen LogP contribution is -2.39. The van der Waals surface area contributed by atoms with E-state index < -0.39 is 18.6 Å². The highest BCUT2D eigenvalue weighted by Crippen LogP contribution is 2.40. The van der Waals surface area contributed by atoms with Crippen LogP contribution in [0.15, 0.2) is 36.4 Å². The van der Waals surface area contributed by atoms with Crippen molar-refractivity contribution in [2.24, 2.45) is 0 Å². The Morgan fingerprint density at radius 3 is 2.52 bits per heavy atom. The van der Waals surface area contributed by atoms with Gasteiger partial charge in [0.1, 0.15) is 6.54 Å². The first-order valence-corrected chi connectivity index (χ1v) is 10.6. The van der Waals surface area contributed by atoms with Crippen molar-refractivity contribution < 1.29 is 22.7 Å². The Hall–Kier alpha value is -2.06. The van der Waals surface area contributed by atoms with Crippen LogP contribution in [0.25, 0.3) is 11.1 Å². The molecule has 0 radical (unpaired) electrons. The largest absolute Gasteiger partial charge is 0.406 e. The zero-order chi connectivity index (χ0) is 20.9. The van der Waals surface area contributed by atoms with E-state index >= 15 is 0 Å². The van der Waals surface area contributed by atoms with Crippen LogP contribution in [0.4, 0.5) is 18.2 Å². The molecule has 0 N–H and O–H groups in total. The van der Waals surface area contributed by atoms with Crippen LogP contribution in [0.5, 0.6) is 0 Å². The zero-order valence-electron chi connectivity index (χ0n) is 16.4. The van der Waals surface area contributed by atoms with Crippen LogP contribution in [-0.4, -0.2) is 56.4 Å². The predicted molar refractivity (Wildman–Crippen MR) is 110 cm³/mol. The van der Waals surface area contributed by atoms with Crippen molar-refractivity contribution >= 4 is 22.2 Å². The van der Waals surface area contributed by atoms with Gasteiger partial charge < -0.3 is 14.5 Å². The first-order chi connectivity index (χ1) is 13.9. The molecule has 2 aromatic rings. The standard InChI is InChI=1S/C21H25F3N2O2S/c1-2-3-9-26(15-21(22,23)24)19(27)18-14-17(16-7-5-4-6-8-16)20(29-18)25-10-12-28-13-11-25/h4-8,14H,2-3,9-13,15H2,1H3. The topological polar surface area (TPSA) is 32.8 Å². The number of rotatable bonds is 7. The van der Waals surface area contributed by atoms with Gasteiger partial charge in [-0.1, -0.05) is 43.7 Å². The molecule has 0 atom stereocenters. The Kier molecular flexibility index (Phi) is 7.18. The lowest BCUT2D eigenvalue weighted by molar-refractivity contribution is -0.140. The van der Waals surface area contributed by atoms with Gasteiger partial charge in [-0.3, -0.25) is 4.79 Å². The Labute approximate surface area is 172 Å². The fourth-order valence-electron chi connectivity index (χ4n) is 3.29. The molecular weight excluding hydrogens is 401 g/mol. The molecule has 0 saturated carbocycles. The molecule has 1 aliphatic rings. The van der Waals surface area contributed by atoms with Gasteiger partial charge in [0.25, 0.3) is 5.91 Å². The van der Waals surface area contributed by atoms with Gasteiger partial charge in [-0.15, -0.1) is 11.3 Å². The maximum absolute atomic E-state index is 13.0. The second-order valence-corrected chi connectivity index (χ2v) is 8.02. The third-order valence-electron chi connectivity index (χ3n) is 4.75. The van der Waals surface area contributed by atoms with Gasteiger partial charge in [0, 0.05) is 25.2 Å². The summed E-state index contributed by atoms with van der Waals surface area (Å²) in [7, 11) is 0. The number of carbonyl (C=O) groups excluding carboxylic acids is 1. The quantitative estimate of drug-likeness (QED) is 0.621. The highest BCUT2D eigenvalue weighted by atomic mass is 32.1. The van der Waals surface area contributed by atoms with Crippen molar-refractivity contribution in [1.29, 1.82) is 0 Å². The summed E-state index contributed by atoms with van der Waals surface area (Å²) < 4.78 is 44.5. The molecule has 1 aliphatic heterocycles. The van der Waals surface area contributed by atoms with E-state index in [2.05, 4.69) is 4.90 Å². The summed E-state index contributed by atoms with van der Waals surface area (Å²) in [5, 5.41) is 0.908. The van der Waals surface area contributed by atoms with Gasteiger partial charge in [0.15, 0.2) is 0 Å². The lowest BCUT2D eigenvalue weighted by Gasteiger charge is -2.28. The number of ether oxygens (including phenoxy) is 1. The minimum Gasteiger partial charge on any atom is -0.378 e. The molecule has 1 aromatic heterocycles. The van der Waals surface area contributed by atoms with Crippen LogP contribution in [0.3, 0.4) is 0 Å². The molecule has 29 heavy (non-hydrogen) atoms. The molecule has 0 aliphatic carbocycles. The summed E-state index contributed by atoms with van der Waals surface area (Å²) in [4.78, 5) is 16.4.